The lowest BCUT2D eigenvalue weighted by Gasteiger charge is -1.96. The van der Waals surface area contributed by atoms with Gasteiger partial charge in [0.15, 0.2) is 0 Å². The minimum Gasteiger partial charge on any atom is -0.171 e. The number of hydrogen-bond acceptors (Lipinski definition) is 1. The second-order valence-electron chi connectivity index (χ2n) is 1.27. The molecule has 37 valence electrons. The van der Waals surface area contributed by atoms with Crippen molar-refractivity contribution in [2.75, 3.05) is 0 Å². The summed E-state index contributed by atoms with van der Waals surface area (Å²) in [5.74, 6) is 0. The maximum absolute atomic E-state index is 4.15. The predicted molar refractivity (Wildman–Crippen MR) is 32.8 cm³/mol. The number of thiol groups is 1. The first-order valence-corrected chi connectivity index (χ1v) is 2.79. The molecule has 0 N–H and O–H groups in total. The zero-order chi connectivity index (χ0) is 4.99. The molecule has 0 amide bonds. The quantitative estimate of drug-likeness (QED) is 0.509. The summed E-state index contributed by atoms with van der Waals surface area (Å²) in [7, 11) is 0. The van der Waals surface area contributed by atoms with Gasteiger partial charge in [-0.15, -0.1) is 0 Å². The van der Waals surface area contributed by atoms with Gasteiger partial charge in [-0.3, -0.25) is 0 Å². The molecule has 1 radical (unpaired) electrons. The normalized spacial score (nSPS) is 10.0. The molecule has 0 saturated carbocycles. The first kappa shape index (κ1) is 6.35. The summed E-state index contributed by atoms with van der Waals surface area (Å²) >= 11 is 4.15. The predicted octanol–water partition coefficient (Wildman–Crippen LogP) is 2.27. The van der Waals surface area contributed by atoms with Crippen LogP contribution in [0, 0.1) is 5.25 Å². The topological polar surface area (TPSA) is 0 Å². The second-order valence-corrected chi connectivity index (χ2v) is 1.91. The average molecular weight is 103 g/mol. The van der Waals surface area contributed by atoms with E-state index in [9.17, 15) is 0 Å². The van der Waals surface area contributed by atoms with Crippen LogP contribution in [0.2, 0.25) is 0 Å². The highest BCUT2D eigenvalue weighted by Gasteiger charge is 1.91. The summed E-state index contributed by atoms with van der Waals surface area (Å²) in [5.41, 5.74) is 0. The zero-order valence-electron chi connectivity index (χ0n) is 4.36. The van der Waals surface area contributed by atoms with Crippen molar-refractivity contribution < 1.29 is 0 Å². The van der Waals surface area contributed by atoms with Crippen LogP contribution in [0.1, 0.15) is 26.7 Å². The average Bonchev–Trinajstić information content (AvgIpc) is 1.65. The summed E-state index contributed by atoms with van der Waals surface area (Å²) in [4.78, 5) is 0. The lowest BCUT2D eigenvalue weighted by atomic mass is 10.3. The van der Waals surface area contributed by atoms with Gasteiger partial charge >= 0.3 is 0 Å². The Morgan fingerprint density at radius 3 is 1.67 bits per heavy atom. The van der Waals surface area contributed by atoms with Crippen molar-refractivity contribution in [3.05, 3.63) is 5.25 Å². The van der Waals surface area contributed by atoms with E-state index >= 15 is 0 Å². The summed E-state index contributed by atoms with van der Waals surface area (Å²) in [6.45, 7) is 4.23. The van der Waals surface area contributed by atoms with Crippen molar-refractivity contribution in [1.29, 1.82) is 0 Å². The summed E-state index contributed by atoms with van der Waals surface area (Å²) < 4.78 is 0. The molecule has 0 unspecified atom stereocenters. The summed E-state index contributed by atoms with van der Waals surface area (Å²) in [5, 5.41) is 1.29. The van der Waals surface area contributed by atoms with Crippen molar-refractivity contribution in [3.63, 3.8) is 0 Å². The largest absolute Gasteiger partial charge is 0.171 e. The molecule has 0 rings (SSSR count). The highest BCUT2D eigenvalue weighted by atomic mass is 32.1. The van der Waals surface area contributed by atoms with Crippen LogP contribution >= 0.6 is 12.6 Å². The van der Waals surface area contributed by atoms with Crippen LogP contribution in [0.25, 0.3) is 0 Å². The minimum atomic E-state index is 1.11. The molecule has 0 fully saturated rings. The molecule has 0 bridgehead atoms. The van der Waals surface area contributed by atoms with Crippen molar-refractivity contribution >= 4 is 12.6 Å². The molecule has 0 aliphatic heterocycles. The van der Waals surface area contributed by atoms with Crippen LogP contribution in [0.15, 0.2) is 0 Å². The van der Waals surface area contributed by atoms with Crippen LogP contribution in [0.3, 0.4) is 0 Å². The van der Waals surface area contributed by atoms with Crippen LogP contribution in [-0.2, 0) is 0 Å². The maximum atomic E-state index is 4.15. The zero-order valence-corrected chi connectivity index (χ0v) is 5.26. The van der Waals surface area contributed by atoms with E-state index in [2.05, 4.69) is 26.5 Å². The molecule has 0 aromatic rings. The van der Waals surface area contributed by atoms with Gasteiger partial charge in [-0.05, 0) is 12.8 Å². The van der Waals surface area contributed by atoms with Crippen molar-refractivity contribution in [3.8, 4) is 0 Å². The molecule has 0 nitrogen and oxygen atoms in total. The van der Waals surface area contributed by atoms with Gasteiger partial charge < -0.3 is 0 Å². The first-order valence-electron chi connectivity index (χ1n) is 2.34. The molecule has 0 aromatic carbocycles. The van der Waals surface area contributed by atoms with E-state index in [-0.39, 0.29) is 0 Å². The maximum Gasteiger partial charge on any atom is 0.0268 e. The van der Waals surface area contributed by atoms with E-state index in [0.717, 1.165) is 12.8 Å². The molecular formula is C5H11S. The van der Waals surface area contributed by atoms with E-state index < -0.39 is 0 Å². The van der Waals surface area contributed by atoms with E-state index in [0.29, 0.717) is 0 Å². The van der Waals surface area contributed by atoms with E-state index in [4.69, 9.17) is 0 Å². The first-order chi connectivity index (χ1) is 2.81. The van der Waals surface area contributed by atoms with Gasteiger partial charge in [0.25, 0.3) is 0 Å². The van der Waals surface area contributed by atoms with E-state index in [1.54, 1.807) is 0 Å². The van der Waals surface area contributed by atoms with Gasteiger partial charge in [0.1, 0.15) is 0 Å². The third-order valence-electron chi connectivity index (χ3n) is 0.816. The number of rotatable bonds is 2. The van der Waals surface area contributed by atoms with Crippen molar-refractivity contribution in [1.82, 2.24) is 0 Å². The molecule has 0 atom stereocenters. The fourth-order valence-corrected chi connectivity index (χ4v) is 0.250. The molecule has 0 saturated heterocycles. The van der Waals surface area contributed by atoms with Gasteiger partial charge in [-0.2, -0.15) is 12.6 Å². The third-order valence-corrected chi connectivity index (χ3v) is 1.45. The van der Waals surface area contributed by atoms with Gasteiger partial charge in [0, 0.05) is 5.25 Å². The highest BCUT2D eigenvalue weighted by Crippen LogP contribution is 2.12. The Morgan fingerprint density at radius 1 is 1.33 bits per heavy atom. The fraction of sp³-hybridized carbons (Fsp3) is 0.800. The number of hydrogen-bond donors (Lipinski definition) is 1. The molecule has 0 aliphatic rings. The molecular weight excluding hydrogens is 92.1 g/mol. The monoisotopic (exact) mass is 103 g/mol. The SMILES string of the molecule is CC[C](S)CC. The van der Waals surface area contributed by atoms with E-state index in [1.807, 2.05) is 0 Å². The lowest BCUT2D eigenvalue weighted by molar-refractivity contribution is 0.938. The van der Waals surface area contributed by atoms with Crippen molar-refractivity contribution in [2.45, 2.75) is 26.7 Å². The van der Waals surface area contributed by atoms with Gasteiger partial charge in [0.2, 0.25) is 0 Å². The molecule has 0 spiro atoms. The van der Waals surface area contributed by atoms with Gasteiger partial charge in [0.05, 0.1) is 0 Å². The Hall–Kier alpha value is 0.350. The molecule has 0 heterocycles. The molecule has 0 aliphatic carbocycles. The van der Waals surface area contributed by atoms with E-state index in [1.165, 1.54) is 5.25 Å². The Labute approximate surface area is 45.4 Å². The molecule has 1 heteroatoms. The Balaban J connectivity index is 2.75. The Morgan fingerprint density at radius 2 is 1.67 bits per heavy atom. The highest BCUT2D eigenvalue weighted by molar-refractivity contribution is 7.83. The van der Waals surface area contributed by atoms with Crippen molar-refractivity contribution in [2.24, 2.45) is 0 Å². The standard InChI is InChI=1S/C5H11S/c1-3-5(6)4-2/h6H,3-4H2,1-2H3. The van der Waals surface area contributed by atoms with Crippen LogP contribution in [0.5, 0.6) is 0 Å². The molecule has 6 heavy (non-hydrogen) atoms. The third kappa shape index (κ3) is 2.58. The van der Waals surface area contributed by atoms with Crippen LogP contribution in [-0.4, -0.2) is 0 Å². The molecule has 0 aromatic heterocycles. The smallest absolute Gasteiger partial charge is 0.0268 e. The summed E-state index contributed by atoms with van der Waals surface area (Å²) in [6, 6.07) is 0. The Kier molecular flexibility index (Phi) is 3.74. The lowest BCUT2D eigenvalue weighted by Crippen LogP contribution is -1.77. The second kappa shape index (κ2) is 3.54. The summed E-state index contributed by atoms with van der Waals surface area (Å²) in [6.07, 6.45) is 2.22. The minimum absolute atomic E-state index is 1.11. The fourth-order valence-electron chi connectivity index (χ4n) is 0.250. The van der Waals surface area contributed by atoms with Crippen LogP contribution in [0.4, 0.5) is 0 Å². The Bertz CT molecular complexity index is 23.1. The van der Waals surface area contributed by atoms with Gasteiger partial charge in [-0.25, -0.2) is 0 Å². The van der Waals surface area contributed by atoms with Gasteiger partial charge in [-0.1, -0.05) is 13.8 Å². The van der Waals surface area contributed by atoms with Crippen LogP contribution < -0.4 is 0 Å².